The standard InChI is InChI=1S/C23H31BrFN5O4Si/c1-23(2,3)35(4,5)34-19-9-11-27-13-18(19)30(22(32)33)17-8-10-26-12-16(17)29-21(31)15-7-6-14(25)20(24)28-15/h6-8,10,12,18-19,27H,9,11,13H2,1-5H3,(H,29,31)(H,32,33)/t18-,19-/m1/s1. The van der Waals surface area contributed by atoms with Gasteiger partial charge in [-0.05, 0) is 65.2 Å². The van der Waals surface area contributed by atoms with Gasteiger partial charge in [-0.3, -0.25) is 14.7 Å². The number of aromatic nitrogens is 2. The lowest BCUT2D eigenvalue weighted by molar-refractivity contribution is 0.102. The maximum absolute atomic E-state index is 13.5. The van der Waals surface area contributed by atoms with Crippen LogP contribution in [0, 0.1) is 5.82 Å². The predicted octanol–water partition coefficient (Wildman–Crippen LogP) is 4.87. The number of carbonyl (C=O) groups is 2. The molecule has 0 radical (unpaired) electrons. The minimum atomic E-state index is -2.18. The molecule has 3 rings (SSSR count). The van der Waals surface area contributed by atoms with Gasteiger partial charge in [-0.1, -0.05) is 20.8 Å². The minimum absolute atomic E-state index is 0.0339. The number of hydrogen-bond donors (Lipinski definition) is 3. The van der Waals surface area contributed by atoms with Crippen molar-refractivity contribution < 1.29 is 23.5 Å². The Bertz CT molecular complexity index is 1100. The van der Waals surface area contributed by atoms with E-state index in [-0.39, 0.29) is 32.8 Å². The van der Waals surface area contributed by atoms with Crippen molar-refractivity contribution in [2.24, 2.45) is 0 Å². The molecule has 3 heterocycles. The molecule has 0 aliphatic carbocycles. The van der Waals surface area contributed by atoms with Crippen molar-refractivity contribution in [3.05, 3.63) is 46.7 Å². The highest BCUT2D eigenvalue weighted by Gasteiger charge is 2.44. The van der Waals surface area contributed by atoms with Crippen LogP contribution >= 0.6 is 15.9 Å². The van der Waals surface area contributed by atoms with Crippen LogP contribution in [0.15, 0.2) is 35.2 Å². The lowest BCUT2D eigenvalue weighted by atomic mass is 10.0. The van der Waals surface area contributed by atoms with E-state index >= 15 is 0 Å². The summed E-state index contributed by atoms with van der Waals surface area (Å²) in [5, 5.41) is 16.2. The van der Waals surface area contributed by atoms with Crippen molar-refractivity contribution in [2.45, 2.75) is 57.5 Å². The topological polar surface area (TPSA) is 117 Å². The van der Waals surface area contributed by atoms with Crippen LogP contribution in [-0.4, -0.2) is 60.6 Å². The second-order valence-corrected chi connectivity index (χ2v) is 15.5. The number of hydrogen-bond acceptors (Lipinski definition) is 6. The van der Waals surface area contributed by atoms with Gasteiger partial charge in [0.1, 0.15) is 10.3 Å². The molecular formula is C23H31BrFN5O4Si. The zero-order valence-corrected chi connectivity index (χ0v) is 23.0. The number of anilines is 2. The summed E-state index contributed by atoms with van der Waals surface area (Å²) < 4.78 is 20.1. The van der Waals surface area contributed by atoms with Gasteiger partial charge in [-0.15, -0.1) is 0 Å². The number of carboxylic acid groups (broad SMARTS) is 1. The molecule has 0 unspecified atom stereocenters. The summed E-state index contributed by atoms with van der Waals surface area (Å²) in [6, 6.07) is 3.38. The Kier molecular flexibility index (Phi) is 8.30. The van der Waals surface area contributed by atoms with E-state index in [0.29, 0.717) is 19.5 Å². The maximum Gasteiger partial charge on any atom is 0.412 e. The minimum Gasteiger partial charge on any atom is -0.465 e. The molecule has 0 saturated carbocycles. The first-order chi connectivity index (χ1) is 16.3. The van der Waals surface area contributed by atoms with Crippen molar-refractivity contribution in [1.29, 1.82) is 0 Å². The summed E-state index contributed by atoms with van der Waals surface area (Å²) in [6.45, 7) is 11.8. The number of halogens is 2. The van der Waals surface area contributed by atoms with Gasteiger partial charge in [-0.25, -0.2) is 14.2 Å². The molecule has 1 saturated heterocycles. The van der Waals surface area contributed by atoms with Gasteiger partial charge in [0, 0.05) is 12.7 Å². The van der Waals surface area contributed by atoms with Crippen LogP contribution in [0.25, 0.3) is 0 Å². The number of pyridine rings is 2. The van der Waals surface area contributed by atoms with Crippen molar-refractivity contribution >= 4 is 47.6 Å². The van der Waals surface area contributed by atoms with Gasteiger partial charge in [0.25, 0.3) is 5.91 Å². The van der Waals surface area contributed by atoms with E-state index in [9.17, 15) is 19.1 Å². The summed E-state index contributed by atoms with van der Waals surface area (Å²) in [5.74, 6) is -1.22. The molecule has 0 spiro atoms. The van der Waals surface area contributed by atoms with E-state index in [4.69, 9.17) is 4.43 Å². The van der Waals surface area contributed by atoms with Crippen LogP contribution in [0.1, 0.15) is 37.7 Å². The molecule has 0 bridgehead atoms. The Morgan fingerprint density at radius 1 is 1.31 bits per heavy atom. The smallest absolute Gasteiger partial charge is 0.412 e. The molecule has 2 amide bonds. The van der Waals surface area contributed by atoms with E-state index in [1.807, 2.05) is 0 Å². The lowest BCUT2D eigenvalue weighted by Gasteiger charge is -2.45. The van der Waals surface area contributed by atoms with Crippen LogP contribution in [0.5, 0.6) is 0 Å². The summed E-state index contributed by atoms with van der Waals surface area (Å²) in [7, 11) is -2.18. The summed E-state index contributed by atoms with van der Waals surface area (Å²) >= 11 is 2.97. The number of piperidine rings is 1. The second kappa shape index (κ2) is 10.7. The zero-order valence-electron chi connectivity index (χ0n) is 20.4. The quantitative estimate of drug-likeness (QED) is 0.337. The zero-order chi connectivity index (χ0) is 26.0. The van der Waals surface area contributed by atoms with Crippen LogP contribution < -0.4 is 15.5 Å². The van der Waals surface area contributed by atoms with Crippen molar-refractivity contribution in [3.63, 3.8) is 0 Å². The maximum atomic E-state index is 13.5. The molecule has 1 aliphatic rings. The molecule has 9 nitrogen and oxygen atoms in total. The van der Waals surface area contributed by atoms with Gasteiger partial charge >= 0.3 is 6.09 Å². The SMILES string of the molecule is CC(C)(C)[Si](C)(C)O[C@@H]1CCNC[C@H]1N(C(=O)O)c1ccncc1NC(=O)c1ccc(F)c(Br)n1. The fourth-order valence-electron chi connectivity index (χ4n) is 3.62. The van der Waals surface area contributed by atoms with E-state index in [1.54, 1.807) is 0 Å². The molecule has 0 aromatic carbocycles. The predicted molar refractivity (Wildman–Crippen MR) is 138 cm³/mol. The van der Waals surface area contributed by atoms with Gasteiger partial charge in [0.2, 0.25) is 0 Å². The van der Waals surface area contributed by atoms with E-state index in [0.717, 1.165) is 6.07 Å². The largest absolute Gasteiger partial charge is 0.465 e. The molecule has 1 aliphatic heterocycles. The average molecular weight is 569 g/mol. The molecule has 2 aromatic rings. The Hall–Kier alpha value is -2.41. The lowest BCUT2D eigenvalue weighted by Crippen LogP contribution is -2.60. The van der Waals surface area contributed by atoms with Gasteiger partial charge in [-0.2, -0.15) is 0 Å². The molecule has 35 heavy (non-hydrogen) atoms. The summed E-state index contributed by atoms with van der Waals surface area (Å²) in [6.07, 6.45) is 2.00. The normalized spacial score (nSPS) is 18.7. The molecule has 2 atom stereocenters. The fraction of sp³-hybridized carbons (Fsp3) is 0.478. The monoisotopic (exact) mass is 567 g/mol. The number of rotatable bonds is 6. The Morgan fingerprint density at radius 2 is 2.03 bits per heavy atom. The molecule has 2 aromatic heterocycles. The van der Waals surface area contributed by atoms with Gasteiger partial charge < -0.3 is 20.2 Å². The fourth-order valence-corrected chi connectivity index (χ4v) is 5.32. The second-order valence-electron chi connectivity index (χ2n) is 9.95. The molecular weight excluding hydrogens is 537 g/mol. The van der Waals surface area contributed by atoms with Crippen molar-refractivity contribution in [1.82, 2.24) is 15.3 Å². The van der Waals surface area contributed by atoms with E-state index in [2.05, 4.69) is 70.4 Å². The summed E-state index contributed by atoms with van der Waals surface area (Å²) in [4.78, 5) is 34.6. The van der Waals surface area contributed by atoms with Crippen LogP contribution in [-0.2, 0) is 4.43 Å². The molecule has 12 heteroatoms. The van der Waals surface area contributed by atoms with Gasteiger partial charge in [0.05, 0.1) is 29.7 Å². The molecule has 190 valence electrons. The van der Waals surface area contributed by atoms with Crippen LogP contribution in [0.3, 0.4) is 0 Å². The third-order valence-electron chi connectivity index (χ3n) is 6.52. The average Bonchev–Trinajstić information content (AvgIpc) is 2.77. The first-order valence-corrected chi connectivity index (χ1v) is 15.0. The van der Waals surface area contributed by atoms with E-state index in [1.165, 1.54) is 29.4 Å². The Balaban J connectivity index is 1.94. The Morgan fingerprint density at radius 3 is 2.66 bits per heavy atom. The first-order valence-electron chi connectivity index (χ1n) is 11.3. The number of nitrogens with one attached hydrogen (secondary N) is 2. The first kappa shape index (κ1) is 27.2. The van der Waals surface area contributed by atoms with Crippen molar-refractivity contribution in [2.75, 3.05) is 23.3 Å². The van der Waals surface area contributed by atoms with E-state index < -0.39 is 32.2 Å². The number of nitrogens with zero attached hydrogens (tertiary/aromatic N) is 3. The molecule has 3 N–H and O–H groups in total. The summed E-state index contributed by atoms with van der Waals surface area (Å²) in [5.41, 5.74) is 0.423. The Labute approximate surface area is 213 Å². The van der Waals surface area contributed by atoms with Crippen LogP contribution in [0.2, 0.25) is 18.1 Å². The van der Waals surface area contributed by atoms with Crippen molar-refractivity contribution in [3.8, 4) is 0 Å². The van der Waals surface area contributed by atoms with Gasteiger partial charge in [0.15, 0.2) is 14.1 Å². The van der Waals surface area contributed by atoms with Crippen LogP contribution in [0.4, 0.5) is 20.6 Å². The number of amides is 2. The highest BCUT2D eigenvalue weighted by atomic mass is 79.9. The molecule has 1 fully saturated rings. The highest BCUT2D eigenvalue weighted by Crippen LogP contribution is 2.39. The third kappa shape index (κ3) is 6.24. The third-order valence-corrected chi connectivity index (χ3v) is 11.6. The number of carbonyl (C=O) groups excluding carboxylic acids is 1. The highest BCUT2D eigenvalue weighted by molar-refractivity contribution is 9.10.